The molecule has 6 rings (SSSR count). The van der Waals surface area contributed by atoms with Gasteiger partial charge in [0, 0.05) is 62.6 Å². The second kappa shape index (κ2) is 28.3. The number of piperazine rings is 1. The fourth-order valence-electron chi connectivity index (χ4n) is 9.72. The van der Waals surface area contributed by atoms with Crippen LogP contribution >= 0.6 is 11.6 Å². The van der Waals surface area contributed by atoms with Crippen LogP contribution < -0.4 is 37.1 Å². The second-order valence-corrected chi connectivity index (χ2v) is 21.7. The highest BCUT2D eigenvalue weighted by molar-refractivity contribution is 6.30. The Kier molecular flexibility index (Phi) is 21.9. The number of hydrogen-bond acceptors (Lipinski definition) is 11. The maximum absolute atomic E-state index is 14.6. The van der Waals surface area contributed by atoms with Crippen molar-refractivity contribution in [2.75, 3.05) is 57.4 Å². The summed E-state index contributed by atoms with van der Waals surface area (Å²) >= 11 is 5.84. The fourth-order valence-corrected chi connectivity index (χ4v) is 9.88. The molecule has 20 heteroatoms. The van der Waals surface area contributed by atoms with E-state index < -0.39 is 52.7 Å². The molecule has 2 aliphatic heterocycles. The van der Waals surface area contributed by atoms with Gasteiger partial charge in [-0.2, -0.15) is 0 Å². The highest BCUT2D eigenvalue weighted by Crippen LogP contribution is 2.33. The van der Waals surface area contributed by atoms with E-state index in [0.717, 1.165) is 62.8 Å². The van der Waals surface area contributed by atoms with Crippen molar-refractivity contribution in [1.29, 1.82) is 0 Å². The third-order valence-electron chi connectivity index (χ3n) is 14.5. The average Bonchev–Trinajstić information content (AvgIpc) is 3.87. The molecule has 2 fully saturated rings. The molecule has 2 aliphatic rings. The molecule has 3 aromatic carbocycles. The van der Waals surface area contributed by atoms with Crippen LogP contribution in [0.1, 0.15) is 143 Å². The van der Waals surface area contributed by atoms with Crippen LogP contribution in [0, 0.1) is 17.0 Å². The molecule has 17 nitrogen and oxygen atoms in total. The number of likely N-dealkylation sites (N-methyl/N-ethyl adjacent to an activating group) is 1. The molecule has 422 valence electrons. The first kappa shape index (κ1) is 60.5. The summed E-state index contributed by atoms with van der Waals surface area (Å²) in [5, 5.41) is 15.2. The molecule has 4 aromatic rings. The summed E-state index contributed by atoms with van der Waals surface area (Å²) in [6, 6.07) is 17.3. The van der Waals surface area contributed by atoms with Crippen LogP contribution in [0.2, 0.25) is 5.02 Å². The normalized spacial score (nSPS) is 17.2. The molecule has 7 N–H and O–H groups in total. The summed E-state index contributed by atoms with van der Waals surface area (Å²) in [5.41, 5.74) is 6.84. The Hall–Kier alpha value is -6.70. The van der Waals surface area contributed by atoms with Crippen LogP contribution in [-0.4, -0.2) is 126 Å². The van der Waals surface area contributed by atoms with Crippen molar-refractivity contribution in [3.8, 4) is 5.75 Å². The van der Waals surface area contributed by atoms with Crippen molar-refractivity contribution < 1.29 is 42.3 Å². The number of hydrogen-bond donors (Lipinski definition) is 6. The van der Waals surface area contributed by atoms with Gasteiger partial charge in [0.15, 0.2) is 17.4 Å². The number of nitrogen functional groups attached to an aromatic ring is 1. The van der Waals surface area contributed by atoms with Gasteiger partial charge in [-0.05, 0) is 107 Å². The molecular weight excluding hydrogens is 1020 g/mol. The zero-order valence-corrected chi connectivity index (χ0v) is 46.7. The highest BCUT2D eigenvalue weighted by Gasteiger charge is 2.45. The summed E-state index contributed by atoms with van der Waals surface area (Å²) in [7, 11) is 1.69. The molecule has 3 heterocycles. The third-order valence-corrected chi connectivity index (χ3v) is 14.8. The number of halogens is 3. The number of ether oxygens (including phenoxy) is 1. The van der Waals surface area contributed by atoms with E-state index in [1.807, 2.05) is 62.9 Å². The topological polar surface area (TPSA) is 220 Å². The van der Waals surface area contributed by atoms with Gasteiger partial charge in [-0.15, -0.1) is 0 Å². The SMILES string of the molecule is CC[C@H](NC(=O)[C@H]1C[C@@H](NCCCCCCCCC(=O)N2CCN(C(=O)c3ccc(NC(=O)c4cnc(N)c(O[C@H](C)c5c(F)ccc(Cl)c5F)c4)cc3)CC2)CN1C(=O)[C@H](NC(=O)[C@@H](C)NC)C(C)(C)C)c1ccccc1. The third kappa shape index (κ3) is 16.2. The van der Waals surface area contributed by atoms with Crippen LogP contribution in [0.4, 0.5) is 20.3 Å². The van der Waals surface area contributed by atoms with E-state index in [0.29, 0.717) is 63.2 Å². The van der Waals surface area contributed by atoms with E-state index in [2.05, 4.69) is 31.6 Å². The maximum atomic E-state index is 14.6. The van der Waals surface area contributed by atoms with E-state index in [9.17, 15) is 37.5 Å². The molecule has 0 unspecified atom stereocenters. The van der Waals surface area contributed by atoms with E-state index in [1.54, 1.807) is 48.0 Å². The monoisotopic (exact) mass is 1100 g/mol. The van der Waals surface area contributed by atoms with Gasteiger partial charge in [-0.1, -0.05) is 95.3 Å². The Labute approximate surface area is 462 Å². The lowest BCUT2D eigenvalue weighted by Crippen LogP contribution is -2.59. The Morgan fingerprint density at radius 3 is 2.15 bits per heavy atom. The number of benzene rings is 3. The largest absolute Gasteiger partial charge is 0.482 e. The van der Waals surface area contributed by atoms with Crippen molar-refractivity contribution in [1.82, 2.24) is 41.0 Å². The fraction of sp³-hybridized carbons (Fsp3) is 0.500. The van der Waals surface area contributed by atoms with Gasteiger partial charge in [0.1, 0.15) is 24.0 Å². The minimum Gasteiger partial charge on any atom is -0.482 e. The molecule has 0 spiro atoms. The van der Waals surface area contributed by atoms with Crippen molar-refractivity contribution in [3.63, 3.8) is 0 Å². The van der Waals surface area contributed by atoms with Gasteiger partial charge in [0.2, 0.25) is 23.6 Å². The van der Waals surface area contributed by atoms with Gasteiger partial charge in [-0.3, -0.25) is 28.8 Å². The number of carbonyl (C=O) groups is 6. The van der Waals surface area contributed by atoms with Gasteiger partial charge < -0.3 is 51.8 Å². The van der Waals surface area contributed by atoms with Gasteiger partial charge in [0.05, 0.1) is 28.2 Å². The van der Waals surface area contributed by atoms with Gasteiger partial charge in [-0.25, -0.2) is 13.8 Å². The van der Waals surface area contributed by atoms with Crippen LogP contribution in [0.15, 0.2) is 79.0 Å². The second-order valence-electron chi connectivity index (χ2n) is 21.3. The quantitative estimate of drug-likeness (QED) is 0.0292. The first-order valence-corrected chi connectivity index (χ1v) is 27.5. The van der Waals surface area contributed by atoms with E-state index in [1.165, 1.54) is 19.2 Å². The number of amides is 6. The Balaban J connectivity index is 0.888. The zero-order valence-electron chi connectivity index (χ0n) is 45.9. The lowest BCUT2D eigenvalue weighted by atomic mass is 9.85. The lowest BCUT2D eigenvalue weighted by Gasteiger charge is -2.36. The zero-order chi connectivity index (χ0) is 56.7. The van der Waals surface area contributed by atoms with E-state index in [4.69, 9.17) is 22.1 Å². The number of rotatable bonds is 24. The number of unbranched alkanes of at least 4 members (excludes halogenated alkanes) is 5. The molecular formula is C58H77ClF2N10O7. The standard InChI is InChI=1S/C58H77ClF2N10O7/c1-8-45(38-18-14-13-15-19-38)67-55(75)46-33-42(35-71(46)57(77)51(58(4,5)6)68-53(73)36(2)63-7)64-27-17-12-10-9-11-16-20-48(72)69-28-30-70(31-29-69)56(76)39-21-23-41(24-22-39)66-54(74)40-32-47(52(62)65-34-40)78-37(3)49-44(60)26-25-43(59)50(49)61/h13-15,18-19,21-26,32,34,36-37,42,45-46,51,63-64H,8-12,16-17,20,27-31,33,35H2,1-7H3,(H2,62,65)(H,66,74)(H,67,75)(H,68,73)/t36-,37-,42-,45+,46-,51+/m1/s1. The summed E-state index contributed by atoms with van der Waals surface area (Å²) in [6.45, 7) is 13.6. The molecule has 0 bridgehead atoms. The summed E-state index contributed by atoms with van der Waals surface area (Å²) < 4.78 is 34.8. The van der Waals surface area contributed by atoms with E-state index in [-0.39, 0.29) is 63.8 Å². The number of nitrogens with two attached hydrogens (primary N) is 1. The van der Waals surface area contributed by atoms with Crippen LogP contribution in [0.3, 0.4) is 0 Å². The predicted octanol–water partition coefficient (Wildman–Crippen LogP) is 7.97. The number of likely N-dealkylation sites (tertiary alicyclic amines) is 1. The molecule has 6 atom stereocenters. The van der Waals surface area contributed by atoms with Crippen LogP contribution in [0.25, 0.3) is 0 Å². The van der Waals surface area contributed by atoms with E-state index >= 15 is 0 Å². The molecule has 1 aromatic heterocycles. The van der Waals surface area contributed by atoms with Gasteiger partial charge in [0.25, 0.3) is 11.8 Å². The number of nitrogens with one attached hydrogen (secondary N) is 5. The Bertz CT molecular complexity index is 2710. The maximum Gasteiger partial charge on any atom is 0.257 e. The molecule has 0 aliphatic carbocycles. The number of carbonyl (C=O) groups excluding carboxylic acids is 6. The lowest BCUT2D eigenvalue weighted by molar-refractivity contribution is -0.144. The Morgan fingerprint density at radius 1 is 0.846 bits per heavy atom. The average molecular weight is 1100 g/mol. The van der Waals surface area contributed by atoms with Crippen LogP contribution in [-0.2, 0) is 19.2 Å². The first-order valence-electron chi connectivity index (χ1n) is 27.1. The minimum absolute atomic E-state index is 0.0597. The Morgan fingerprint density at radius 2 is 1.50 bits per heavy atom. The highest BCUT2D eigenvalue weighted by atomic mass is 35.5. The summed E-state index contributed by atoms with van der Waals surface area (Å²) in [6.07, 6.45) is 7.27. The summed E-state index contributed by atoms with van der Waals surface area (Å²) in [5.74, 6) is -3.43. The van der Waals surface area contributed by atoms with Crippen molar-refractivity contribution in [3.05, 3.63) is 118 Å². The van der Waals surface area contributed by atoms with Crippen LogP contribution in [0.5, 0.6) is 5.75 Å². The van der Waals surface area contributed by atoms with Crippen molar-refractivity contribution in [2.45, 2.75) is 136 Å². The predicted molar refractivity (Wildman–Crippen MR) is 298 cm³/mol. The molecule has 6 amide bonds. The van der Waals surface area contributed by atoms with Gasteiger partial charge >= 0.3 is 0 Å². The molecule has 0 saturated carbocycles. The number of pyridine rings is 1. The first-order chi connectivity index (χ1) is 37.2. The number of nitrogens with zero attached hydrogens (tertiary/aromatic N) is 4. The molecule has 78 heavy (non-hydrogen) atoms. The van der Waals surface area contributed by atoms with Crippen molar-refractivity contribution in [2.24, 2.45) is 5.41 Å². The minimum atomic E-state index is -1.16. The smallest absolute Gasteiger partial charge is 0.257 e. The van der Waals surface area contributed by atoms with Crippen molar-refractivity contribution >= 4 is 58.5 Å². The molecule has 2 saturated heterocycles. The number of aromatic nitrogens is 1. The number of anilines is 2. The summed E-state index contributed by atoms with van der Waals surface area (Å²) in [4.78, 5) is 90.4. The molecule has 0 radical (unpaired) electrons.